The van der Waals surface area contributed by atoms with Gasteiger partial charge in [0.15, 0.2) is 0 Å². The minimum absolute atomic E-state index is 0.338. The molecular weight excluding hydrogens is 172 g/mol. The fraction of sp³-hybridized carbons (Fsp3) is 0.385. The van der Waals surface area contributed by atoms with Gasteiger partial charge in [-0.05, 0) is 12.0 Å². The Morgan fingerprint density at radius 2 is 1.86 bits per heavy atom. The molecule has 0 atom stereocenters. The molecule has 0 spiro atoms. The highest BCUT2D eigenvalue weighted by Crippen LogP contribution is 2.05. The van der Waals surface area contributed by atoms with Gasteiger partial charge in [-0.25, -0.2) is 0 Å². The van der Waals surface area contributed by atoms with Crippen LogP contribution in [-0.2, 0) is 11.2 Å². The van der Waals surface area contributed by atoms with Gasteiger partial charge in [0.1, 0.15) is 5.78 Å². The second kappa shape index (κ2) is 6.36. The maximum absolute atomic E-state index is 11.5. The van der Waals surface area contributed by atoms with Crippen molar-refractivity contribution in [2.75, 3.05) is 0 Å². The van der Waals surface area contributed by atoms with Crippen LogP contribution in [0.15, 0.2) is 30.3 Å². The Labute approximate surface area is 86.1 Å². The van der Waals surface area contributed by atoms with Crippen LogP contribution in [-0.4, -0.2) is 5.78 Å². The van der Waals surface area contributed by atoms with Gasteiger partial charge in [0.05, 0.1) is 0 Å². The quantitative estimate of drug-likeness (QED) is 0.628. The monoisotopic (exact) mass is 189 g/mol. The lowest BCUT2D eigenvalue weighted by molar-refractivity contribution is -0.118. The molecule has 1 aromatic carbocycles. The Balaban J connectivity index is 2.27. The molecule has 0 saturated carbocycles. The minimum atomic E-state index is 0.338. The van der Waals surface area contributed by atoms with Crippen molar-refractivity contribution in [3.05, 3.63) is 42.8 Å². The summed E-state index contributed by atoms with van der Waals surface area (Å²) in [5.74, 6) is 0.338. The lowest BCUT2D eigenvalue weighted by atomic mass is 10.0. The van der Waals surface area contributed by atoms with Crippen molar-refractivity contribution in [1.29, 1.82) is 0 Å². The van der Waals surface area contributed by atoms with Crippen LogP contribution in [0.3, 0.4) is 0 Å². The number of hydrogen-bond acceptors (Lipinski definition) is 1. The van der Waals surface area contributed by atoms with Gasteiger partial charge >= 0.3 is 0 Å². The first-order valence-electron chi connectivity index (χ1n) is 5.18. The molecular formula is C13H17O. The second-order valence-corrected chi connectivity index (χ2v) is 3.51. The van der Waals surface area contributed by atoms with Gasteiger partial charge < -0.3 is 0 Å². The molecule has 0 N–H and O–H groups in total. The summed E-state index contributed by atoms with van der Waals surface area (Å²) in [5.41, 5.74) is 1.12. The molecule has 0 saturated heterocycles. The SMILES string of the molecule is [CH2]CCCCC(=O)Cc1ccccc1. The van der Waals surface area contributed by atoms with Gasteiger partial charge in [0, 0.05) is 12.8 Å². The van der Waals surface area contributed by atoms with Crippen molar-refractivity contribution in [1.82, 2.24) is 0 Å². The summed E-state index contributed by atoms with van der Waals surface area (Å²) in [5, 5.41) is 0. The molecule has 0 aliphatic carbocycles. The lowest BCUT2D eigenvalue weighted by Gasteiger charge is -2.00. The van der Waals surface area contributed by atoms with E-state index < -0.39 is 0 Å². The zero-order valence-corrected chi connectivity index (χ0v) is 8.54. The van der Waals surface area contributed by atoms with Crippen LogP contribution < -0.4 is 0 Å². The Morgan fingerprint density at radius 3 is 2.50 bits per heavy atom. The number of benzene rings is 1. The van der Waals surface area contributed by atoms with E-state index in [4.69, 9.17) is 0 Å². The van der Waals surface area contributed by atoms with Gasteiger partial charge in [-0.3, -0.25) is 4.79 Å². The summed E-state index contributed by atoms with van der Waals surface area (Å²) in [6.45, 7) is 3.76. The highest BCUT2D eigenvalue weighted by Gasteiger charge is 2.02. The van der Waals surface area contributed by atoms with Gasteiger partial charge in [-0.15, -0.1) is 0 Å². The first-order chi connectivity index (χ1) is 6.83. The third kappa shape index (κ3) is 4.22. The molecule has 0 unspecified atom stereocenters. The Kier molecular flexibility index (Phi) is 4.98. The third-order valence-electron chi connectivity index (χ3n) is 2.20. The van der Waals surface area contributed by atoms with E-state index in [1.165, 1.54) is 0 Å². The fourth-order valence-corrected chi connectivity index (χ4v) is 1.41. The fourth-order valence-electron chi connectivity index (χ4n) is 1.41. The first-order valence-corrected chi connectivity index (χ1v) is 5.18. The molecule has 1 radical (unpaired) electrons. The Hall–Kier alpha value is -1.11. The molecule has 75 valence electrons. The summed E-state index contributed by atoms with van der Waals surface area (Å²) in [4.78, 5) is 11.5. The smallest absolute Gasteiger partial charge is 0.137 e. The van der Waals surface area contributed by atoms with Crippen LogP contribution in [0.2, 0.25) is 0 Å². The summed E-state index contributed by atoms with van der Waals surface area (Å²) < 4.78 is 0. The zero-order chi connectivity index (χ0) is 10.2. The molecule has 0 fully saturated rings. The molecule has 1 aromatic rings. The Bertz CT molecular complexity index is 264. The van der Waals surface area contributed by atoms with Crippen LogP contribution in [0.4, 0.5) is 0 Å². The number of carbonyl (C=O) groups excluding carboxylic acids is 1. The number of carbonyl (C=O) groups is 1. The maximum Gasteiger partial charge on any atom is 0.137 e. The molecule has 0 amide bonds. The van der Waals surface area contributed by atoms with Crippen LogP contribution in [0, 0.1) is 6.92 Å². The Morgan fingerprint density at radius 1 is 1.14 bits per heavy atom. The summed E-state index contributed by atoms with van der Waals surface area (Å²) in [6, 6.07) is 9.91. The predicted octanol–water partition coefficient (Wildman–Crippen LogP) is 3.19. The average molecular weight is 189 g/mol. The highest BCUT2D eigenvalue weighted by atomic mass is 16.1. The lowest BCUT2D eigenvalue weighted by Crippen LogP contribution is -2.01. The standard InChI is InChI=1S/C13H17O/c1-2-3-5-10-13(14)11-12-8-6-4-7-9-12/h4,6-9H,1-3,5,10-11H2. The van der Waals surface area contributed by atoms with E-state index in [2.05, 4.69) is 6.92 Å². The summed E-state index contributed by atoms with van der Waals surface area (Å²) >= 11 is 0. The van der Waals surface area contributed by atoms with Crippen molar-refractivity contribution in [2.45, 2.75) is 32.1 Å². The molecule has 0 aromatic heterocycles. The van der Waals surface area contributed by atoms with Gasteiger partial charge in [0.25, 0.3) is 0 Å². The van der Waals surface area contributed by atoms with Crippen molar-refractivity contribution in [3.8, 4) is 0 Å². The van der Waals surface area contributed by atoms with Crippen molar-refractivity contribution >= 4 is 5.78 Å². The summed E-state index contributed by atoms with van der Waals surface area (Å²) in [7, 11) is 0. The average Bonchev–Trinajstić information content (AvgIpc) is 2.20. The van der Waals surface area contributed by atoms with Crippen molar-refractivity contribution in [2.24, 2.45) is 0 Å². The minimum Gasteiger partial charge on any atom is -0.299 e. The largest absolute Gasteiger partial charge is 0.299 e. The van der Waals surface area contributed by atoms with E-state index >= 15 is 0 Å². The molecule has 0 bridgehead atoms. The number of Topliss-reactive ketones (excluding diaryl/α,β-unsaturated/α-hetero) is 1. The van der Waals surface area contributed by atoms with E-state index in [-0.39, 0.29) is 0 Å². The number of unbranched alkanes of at least 4 members (excludes halogenated alkanes) is 2. The van der Waals surface area contributed by atoms with E-state index in [1.807, 2.05) is 30.3 Å². The second-order valence-electron chi connectivity index (χ2n) is 3.51. The van der Waals surface area contributed by atoms with Crippen LogP contribution >= 0.6 is 0 Å². The zero-order valence-electron chi connectivity index (χ0n) is 8.54. The molecule has 14 heavy (non-hydrogen) atoms. The predicted molar refractivity (Wildman–Crippen MR) is 59.0 cm³/mol. The molecule has 0 heterocycles. The maximum atomic E-state index is 11.5. The van der Waals surface area contributed by atoms with E-state index in [1.54, 1.807) is 0 Å². The van der Waals surface area contributed by atoms with Gasteiger partial charge in [-0.1, -0.05) is 50.1 Å². The summed E-state index contributed by atoms with van der Waals surface area (Å²) in [6.07, 6.45) is 4.25. The molecule has 1 heteroatoms. The molecule has 0 aliphatic rings. The molecule has 1 rings (SSSR count). The van der Waals surface area contributed by atoms with Crippen molar-refractivity contribution in [3.63, 3.8) is 0 Å². The number of hydrogen-bond donors (Lipinski definition) is 0. The van der Waals surface area contributed by atoms with Crippen molar-refractivity contribution < 1.29 is 4.79 Å². The number of rotatable bonds is 6. The number of ketones is 1. The van der Waals surface area contributed by atoms with Crippen LogP contribution in [0.1, 0.15) is 31.2 Å². The highest BCUT2D eigenvalue weighted by molar-refractivity contribution is 5.80. The van der Waals surface area contributed by atoms with Gasteiger partial charge in [-0.2, -0.15) is 0 Å². The normalized spacial score (nSPS) is 10.1. The van der Waals surface area contributed by atoms with Crippen LogP contribution in [0.25, 0.3) is 0 Å². The molecule has 1 nitrogen and oxygen atoms in total. The first kappa shape index (κ1) is 11.0. The topological polar surface area (TPSA) is 17.1 Å². The van der Waals surface area contributed by atoms with E-state index in [0.717, 1.165) is 24.8 Å². The van der Waals surface area contributed by atoms with Gasteiger partial charge in [0.2, 0.25) is 0 Å². The molecule has 0 aliphatic heterocycles. The van der Waals surface area contributed by atoms with E-state index in [0.29, 0.717) is 18.6 Å². The third-order valence-corrected chi connectivity index (χ3v) is 2.20. The van der Waals surface area contributed by atoms with Crippen LogP contribution in [0.5, 0.6) is 0 Å². The van der Waals surface area contributed by atoms with E-state index in [9.17, 15) is 4.79 Å².